The van der Waals surface area contributed by atoms with Gasteiger partial charge < -0.3 is 18.9 Å². The van der Waals surface area contributed by atoms with Crippen LogP contribution in [0.4, 0.5) is 0 Å². The second-order valence-electron chi connectivity index (χ2n) is 4.16. The fourth-order valence-electron chi connectivity index (χ4n) is 2.08. The minimum atomic E-state index is -0.512. The molecule has 0 bridgehead atoms. The van der Waals surface area contributed by atoms with E-state index < -0.39 is 18.2 Å². The molecule has 6 heteroatoms. The summed E-state index contributed by atoms with van der Waals surface area (Å²) in [6.45, 7) is 5.56. The minimum Gasteiger partial charge on any atom is -0.457 e. The lowest BCUT2D eigenvalue weighted by molar-refractivity contribution is -0.153. The lowest BCUT2D eigenvalue weighted by atomic mass is 10.1. The van der Waals surface area contributed by atoms with Crippen molar-refractivity contribution < 1.29 is 28.5 Å². The SMILES string of the molecule is C=CC(=O)O[C@H]1COC2C1OC[C@H]2OC(=O)CC. The Balaban J connectivity index is 1.92. The Hall–Kier alpha value is -1.40. The van der Waals surface area contributed by atoms with Gasteiger partial charge in [0.05, 0.1) is 13.2 Å². The Labute approximate surface area is 105 Å². The van der Waals surface area contributed by atoms with Gasteiger partial charge in [0.15, 0.2) is 12.2 Å². The highest BCUT2D eigenvalue weighted by molar-refractivity contribution is 5.81. The maximum Gasteiger partial charge on any atom is 0.330 e. The third-order valence-corrected chi connectivity index (χ3v) is 2.97. The molecule has 2 unspecified atom stereocenters. The fraction of sp³-hybridized carbons (Fsp3) is 0.667. The number of rotatable bonds is 4. The predicted molar refractivity (Wildman–Crippen MR) is 59.7 cm³/mol. The highest BCUT2D eigenvalue weighted by Gasteiger charge is 2.50. The third kappa shape index (κ3) is 2.54. The molecule has 0 N–H and O–H groups in total. The van der Waals surface area contributed by atoms with Gasteiger partial charge >= 0.3 is 11.9 Å². The summed E-state index contributed by atoms with van der Waals surface area (Å²) in [5.41, 5.74) is 0. The second kappa shape index (κ2) is 5.49. The topological polar surface area (TPSA) is 71.1 Å². The van der Waals surface area contributed by atoms with Gasteiger partial charge in [-0.2, -0.15) is 0 Å². The largest absolute Gasteiger partial charge is 0.457 e. The first-order valence-electron chi connectivity index (χ1n) is 5.91. The maximum atomic E-state index is 11.2. The Morgan fingerprint density at radius 1 is 1.22 bits per heavy atom. The number of hydrogen-bond donors (Lipinski definition) is 0. The summed E-state index contributed by atoms with van der Waals surface area (Å²) >= 11 is 0. The molecule has 18 heavy (non-hydrogen) atoms. The Bertz CT molecular complexity index is 352. The van der Waals surface area contributed by atoms with Crippen LogP contribution in [0.25, 0.3) is 0 Å². The molecule has 0 aliphatic carbocycles. The zero-order valence-corrected chi connectivity index (χ0v) is 10.2. The van der Waals surface area contributed by atoms with E-state index in [1.165, 1.54) is 0 Å². The van der Waals surface area contributed by atoms with Crippen molar-refractivity contribution in [3.05, 3.63) is 12.7 Å². The van der Waals surface area contributed by atoms with Crippen LogP contribution in [0, 0.1) is 0 Å². The van der Waals surface area contributed by atoms with Crippen LogP contribution in [0.1, 0.15) is 13.3 Å². The van der Waals surface area contributed by atoms with Gasteiger partial charge in [-0.3, -0.25) is 4.79 Å². The average Bonchev–Trinajstić information content (AvgIpc) is 2.93. The van der Waals surface area contributed by atoms with Gasteiger partial charge in [-0.25, -0.2) is 4.79 Å². The first-order chi connectivity index (χ1) is 8.65. The summed E-state index contributed by atoms with van der Waals surface area (Å²) in [5, 5.41) is 0. The molecule has 0 aromatic carbocycles. The van der Waals surface area contributed by atoms with E-state index in [4.69, 9.17) is 18.9 Å². The highest BCUT2D eigenvalue weighted by atomic mass is 16.7. The van der Waals surface area contributed by atoms with E-state index in [1.54, 1.807) is 6.92 Å². The lowest BCUT2D eigenvalue weighted by Crippen LogP contribution is -2.35. The number of carbonyl (C=O) groups excluding carboxylic acids is 2. The van der Waals surface area contributed by atoms with Crippen molar-refractivity contribution in [2.75, 3.05) is 13.2 Å². The maximum absolute atomic E-state index is 11.2. The average molecular weight is 256 g/mol. The standard InChI is InChI=1S/C12H16O6/c1-3-9(13)17-7-5-15-12-8(6-16-11(7)12)18-10(14)4-2/h3,7-8,11-12H,1,4-6H2,2H3/t7-,8+,11?,12?/m0/s1. The van der Waals surface area contributed by atoms with E-state index in [0.717, 1.165) is 6.08 Å². The van der Waals surface area contributed by atoms with Crippen LogP contribution in [-0.4, -0.2) is 49.6 Å². The van der Waals surface area contributed by atoms with Crippen LogP contribution >= 0.6 is 0 Å². The van der Waals surface area contributed by atoms with E-state index in [0.29, 0.717) is 6.42 Å². The number of fused-ring (bicyclic) bond motifs is 1. The van der Waals surface area contributed by atoms with Crippen LogP contribution in [0.5, 0.6) is 0 Å². The Morgan fingerprint density at radius 3 is 2.28 bits per heavy atom. The molecule has 0 saturated carbocycles. The smallest absolute Gasteiger partial charge is 0.330 e. The van der Waals surface area contributed by atoms with Gasteiger partial charge in [-0.15, -0.1) is 0 Å². The van der Waals surface area contributed by atoms with Crippen molar-refractivity contribution in [3.63, 3.8) is 0 Å². The molecule has 2 aliphatic rings. The molecule has 2 fully saturated rings. The third-order valence-electron chi connectivity index (χ3n) is 2.97. The normalized spacial score (nSPS) is 33.8. The first-order valence-corrected chi connectivity index (χ1v) is 5.91. The molecule has 0 amide bonds. The minimum absolute atomic E-state index is 0.245. The van der Waals surface area contributed by atoms with Crippen LogP contribution in [0.2, 0.25) is 0 Å². The van der Waals surface area contributed by atoms with Crippen LogP contribution in [0.15, 0.2) is 12.7 Å². The summed E-state index contributed by atoms with van der Waals surface area (Å²) in [4.78, 5) is 22.4. The van der Waals surface area contributed by atoms with E-state index in [-0.39, 0.29) is 31.4 Å². The summed E-state index contributed by atoms with van der Waals surface area (Å²) in [6, 6.07) is 0. The molecule has 2 rings (SSSR count). The van der Waals surface area contributed by atoms with Gasteiger partial charge in [0.25, 0.3) is 0 Å². The van der Waals surface area contributed by atoms with Crippen LogP contribution < -0.4 is 0 Å². The van der Waals surface area contributed by atoms with E-state index in [2.05, 4.69) is 6.58 Å². The van der Waals surface area contributed by atoms with Crippen molar-refractivity contribution in [1.82, 2.24) is 0 Å². The Kier molecular flexibility index (Phi) is 3.98. The molecule has 100 valence electrons. The molecule has 0 radical (unpaired) electrons. The number of esters is 2. The van der Waals surface area contributed by atoms with Crippen molar-refractivity contribution >= 4 is 11.9 Å². The van der Waals surface area contributed by atoms with Gasteiger partial charge in [-0.1, -0.05) is 13.5 Å². The zero-order valence-electron chi connectivity index (χ0n) is 10.2. The van der Waals surface area contributed by atoms with E-state index >= 15 is 0 Å². The fourth-order valence-corrected chi connectivity index (χ4v) is 2.08. The van der Waals surface area contributed by atoms with Crippen molar-refractivity contribution in [3.8, 4) is 0 Å². The summed E-state index contributed by atoms with van der Waals surface area (Å²) in [6.07, 6.45) is -0.216. The van der Waals surface area contributed by atoms with Crippen molar-refractivity contribution in [1.29, 1.82) is 0 Å². The summed E-state index contributed by atoms with van der Waals surface area (Å²) < 4.78 is 21.3. The van der Waals surface area contributed by atoms with Crippen molar-refractivity contribution in [2.45, 2.75) is 37.8 Å². The van der Waals surface area contributed by atoms with Gasteiger partial charge in [0.2, 0.25) is 0 Å². The lowest BCUT2D eigenvalue weighted by Gasteiger charge is -2.16. The van der Waals surface area contributed by atoms with Crippen LogP contribution in [0.3, 0.4) is 0 Å². The molecule has 4 atom stereocenters. The van der Waals surface area contributed by atoms with Crippen LogP contribution in [-0.2, 0) is 28.5 Å². The predicted octanol–water partition coefficient (Wildman–Crippen LogP) is 0.204. The van der Waals surface area contributed by atoms with Gasteiger partial charge in [-0.05, 0) is 0 Å². The molecule has 6 nitrogen and oxygen atoms in total. The van der Waals surface area contributed by atoms with E-state index in [9.17, 15) is 9.59 Å². The first kappa shape index (κ1) is 13.0. The zero-order chi connectivity index (χ0) is 13.1. The molecular formula is C12H16O6. The van der Waals surface area contributed by atoms with E-state index in [1.807, 2.05) is 0 Å². The number of ether oxygens (including phenoxy) is 4. The Morgan fingerprint density at radius 2 is 1.78 bits per heavy atom. The monoisotopic (exact) mass is 256 g/mol. The van der Waals surface area contributed by atoms with Gasteiger partial charge in [0, 0.05) is 12.5 Å². The molecule has 2 aliphatic heterocycles. The summed E-state index contributed by atoms with van der Waals surface area (Å²) in [7, 11) is 0. The molecule has 2 saturated heterocycles. The highest BCUT2D eigenvalue weighted by Crippen LogP contribution is 2.30. The second-order valence-corrected chi connectivity index (χ2v) is 4.16. The molecule has 0 aromatic rings. The van der Waals surface area contributed by atoms with Crippen molar-refractivity contribution in [2.24, 2.45) is 0 Å². The molecule has 0 spiro atoms. The number of hydrogen-bond acceptors (Lipinski definition) is 6. The molecule has 2 heterocycles. The van der Waals surface area contributed by atoms with Gasteiger partial charge in [0.1, 0.15) is 12.2 Å². The quantitative estimate of drug-likeness (QED) is 0.528. The molecular weight excluding hydrogens is 240 g/mol. The number of carbonyl (C=O) groups is 2. The molecule has 0 aromatic heterocycles. The summed E-state index contributed by atoms with van der Waals surface area (Å²) in [5.74, 6) is -0.804.